The number of fused-ring (bicyclic) bond motifs is 1. The highest BCUT2D eigenvalue weighted by atomic mass is 19.4. The lowest BCUT2D eigenvalue weighted by Crippen LogP contribution is -2.44. The van der Waals surface area contributed by atoms with E-state index in [1.165, 1.54) is 6.07 Å². The molecule has 3 heterocycles. The zero-order chi connectivity index (χ0) is 26.2. The van der Waals surface area contributed by atoms with E-state index >= 15 is 0 Å². The van der Waals surface area contributed by atoms with Gasteiger partial charge in [0.15, 0.2) is 5.82 Å². The topological polar surface area (TPSA) is 50.1 Å². The number of piperidine rings is 1. The van der Waals surface area contributed by atoms with E-state index in [9.17, 15) is 17.6 Å². The summed E-state index contributed by atoms with van der Waals surface area (Å²) in [5.41, 5.74) is 0.905. The molecule has 1 aliphatic heterocycles. The number of aryl methyl sites for hydroxylation is 1. The SMILES string of the molecule is CN(CCc1ccc(F)cc1C(F)(F)F)C1CCN(c2nnc(-c3ccnn3C)c3ccccc23)CC1. The summed E-state index contributed by atoms with van der Waals surface area (Å²) in [5.74, 6) is -0.0375. The molecule has 0 saturated carbocycles. The fourth-order valence-corrected chi connectivity index (χ4v) is 5.15. The summed E-state index contributed by atoms with van der Waals surface area (Å²) < 4.78 is 55.2. The van der Waals surface area contributed by atoms with Gasteiger partial charge in [-0.2, -0.15) is 18.3 Å². The van der Waals surface area contributed by atoms with E-state index in [1.807, 2.05) is 38.4 Å². The van der Waals surface area contributed by atoms with Gasteiger partial charge in [-0.15, -0.1) is 10.2 Å². The number of halogens is 4. The molecule has 5 rings (SSSR count). The normalized spacial score (nSPS) is 15.2. The molecule has 0 radical (unpaired) electrons. The van der Waals surface area contributed by atoms with Gasteiger partial charge in [-0.1, -0.05) is 30.3 Å². The quantitative estimate of drug-likeness (QED) is 0.327. The molecule has 0 N–H and O–H groups in total. The molecule has 1 aliphatic rings. The van der Waals surface area contributed by atoms with Gasteiger partial charge in [0.25, 0.3) is 0 Å². The van der Waals surface area contributed by atoms with Crippen LogP contribution in [0.25, 0.3) is 22.2 Å². The Morgan fingerprint density at radius 3 is 2.41 bits per heavy atom. The van der Waals surface area contributed by atoms with Gasteiger partial charge in [-0.25, -0.2) is 4.39 Å². The lowest BCUT2D eigenvalue weighted by atomic mass is 10.0. The van der Waals surface area contributed by atoms with E-state index in [2.05, 4.69) is 31.2 Å². The van der Waals surface area contributed by atoms with E-state index in [-0.39, 0.29) is 18.0 Å². The Balaban J connectivity index is 1.27. The van der Waals surface area contributed by atoms with Crippen molar-refractivity contribution >= 4 is 16.6 Å². The van der Waals surface area contributed by atoms with Gasteiger partial charge in [0.05, 0.1) is 11.3 Å². The Morgan fingerprint density at radius 1 is 1.00 bits per heavy atom. The molecule has 0 bridgehead atoms. The molecule has 0 atom stereocenters. The van der Waals surface area contributed by atoms with E-state index in [4.69, 9.17) is 0 Å². The first kappa shape index (κ1) is 25.1. The molecule has 4 aromatic rings. The molecule has 0 spiro atoms. The van der Waals surface area contributed by atoms with Gasteiger partial charge in [0, 0.05) is 49.7 Å². The van der Waals surface area contributed by atoms with Crippen LogP contribution in [-0.4, -0.2) is 57.6 Å². The molecule has 0 aliphatic carbocycles. The van der Waals surface area contributed by atoms with E-state index < -0.39 is 17.6 Å². The predicted octanol–water partition coefficient (Wildman–Crippen LogP) is 5.33. The van der Waals surface area contributed by atoms with Crippen LogP contribution in [0, 0.1) is 5.82 Å². The minimum absolute atomic E-state index is 0.119. The molecule has 1 fully saturated rings. The number of hydrogen-bond donors (Lipinski definition) is 0. The molecule has 1 saturated heterocycles. The molecule has 37 heavy (non-hydrogen) atoms. The molecule has 2 aromatic heterocycles. The number of alkyl halides is 3. The summed E-state index contributed by atoms with van der Waals surface area (Å²) in [7, 11) is 3.82. The van der Waals surface area contributed by atoms with Crippen molar-refractivity contribution in [3.63, 3.8) is 0 Å². The van der Waals surface area contributed by atoms with Crippen LogP contribution in [0.2, 0.25) is 0 Å². The second-order valence-corrected chi connectivity index (χ2v) is 9.51. The Labute approximate surface area is 212 Å². The average Bonchev–Trinajstić information content (AvgIpc) is 3.32. The number of hydrogen-bond acceptors (Lipinski definition) is 5. The molecule has 2 aromatic carbocycles. The van der Waals surface area contributed by atoms with Crippen molar-refractivity contribution in [3.05, 3.63) is 71.7 Å². The Kier molecular flexibility index (Phi) is 6.85. The number of nitrogens with zero attached hydrogens (tertiary/aromatic N) is 6. The van der Waals surface area contributed by atoms with E-state index in [0.717, 1.165) is 60.0 Å². The highest BCUT2D eigenvalue weighted by Gasteiger charge is 2.34. The third-order valence-electron chi connectivity index (χ3n) is 7.23. The lowest BCUT2D eigenvalue weighted by molar-refractivity contribution is -0.138. The van der Waals surface area contributed by atoms with E-state index in [0.29, 0.717) is 12.6 Å². The molecule has 6 nitrogen and oxygen atoms in total. The van der Waals surface area contributed by atoms with Crippen LogP contribution >= 0.6 is 0 Å². The van der Waals surface area contributed by atoms with Crippen LogP contribution in [-0.2, 0) is 19.6 Å². The molecular weight excluding hydrogens is 484 g/mol. The standard InChI is InChI=1S/C27H28F4N6/c1-35(14-10-18-7-8-19(28)17-23(18)27(29,30)31)20-11-15-37(16-12-20)26-22-6-4-3-5-21(22)25(33-34-26)24-9-13-32-36(24)2/h3-9,13,17,20H,10-12,14-16H2,1-2H3. The molecule has 0 amide bonds. The second-order valence-electron chi connectivity index (χ2n) is 9.51. The van der Waals surface area contributed by atoms with Crippen molar-refractivity contribution in [1.82, 2.24) is 24.9 Å². The summed E-state index contributed by atoms with van der Waals surface area (Å²) in [5, 5.41) is 15.4. The summed E-state index contributed by atoms with van der Waals surface area (Å²) in [6.07, 6.45) is -0.924. The molecular formula is C27H28F4N6. The van der Waals surface area contributed by atoms with E-state index in [1.54, 1.807) is 10.9 Å². The van der Waals surface area contributed by atoms with Crippen molar-refractivity contribution in [2.24, 2.45) is 7.05 Å². The third kappa shape index (κ3) is 5.16. The molecule has 10 heteroatoms. The minimum Gasteiger partial charge on any atom is -0.354 e. The predicted molar refractivity (Wildman–Crippen MR) is 135 cm³/mol. The fourth-order valence-electron chi connectivity index (χ4n) is 5.15. The Bertz CT molecular complexity index is 1390. The molecule has 0 unspecified atom stereocenters. The van der Waals surface area contributed by atoms with Crippen molar-refractivity contribution in [1.29, 1.82) is 0 Å². The second kappa shape index (κ2) is 10.1. The van der Waals surface area contributed by atoms with Gasteiger partial charge in [0.1, 0.15) is 11.5 Å². The Hall–Kier alpha value is -3.53. The minimum atomic E-state index is -4.57. The first-order chi connectivity index (χ1) is 17.7. The monoisotopic (exact) mass is 512 g/mol. The maximum absolute atomic E-state index is 13.4. The third-order valence-corrected chi connectivity index (χ3v) is 7.23. The average molecular weight is 513 g/mol. The zero-order valence-corrected chi connectivity index (χ0v) is 20.7. The van der Waals surface area contributed by atoms with Gasteiger partial charge in [0.2, 0.25) is 0 Å². The zero-order valence-electron chi connectivity index (χ0n) is 20.7. The van der Waals surface area contributed by atoms with Crippen molar-refractivity contribution in [2.45, 2.75) is 31.5 Å². The smallest absolute Gasteiger partial charge is 0.354 e. The summed E-state index contributed by atoms with van der Waals surface area (Å²) in [4.78, 5) is 4.34. The van der Waals surface area contributed by atoms with Gasteiger partial charge >= 0.3 is 6.18 Å². The number of aromatic nitrogens is 4. The van der Waals surface area contributed by atoms with Crippen molar-refractivity contribution in [3.8, 4) is 11.4 Å². The molecule has 194 valence electrons. The number of likely N-dealkylation sites (N-methyl/N-ethyl adjacent to an activating group) is 1. The first-order valence-corrected chi connectivity index (χ1v) is 12.3. The van der Waals surface area contributed by atoms with Gasteiger partial charge in [-0.05, 0) is 50.1 Å². The van der Waals surface area contributed by atoms with Crippen LogP contribution in [0.3, 0.4) is 0 Å². The van der Waals surface area contributed by atoms with Crippen LogP contribution in [0.15, 0.2) is 54.7 Å². The largest absolute Gasteiger partial charge is 0.416 e. The highest BCUT2D eigenvalue weighted by molar-refractivity contribution is 5.99. The van der Waals surface area contributed by atoms with Crippen LogP contribution in [0.4, 0.5) is 23.4 Å². The maximum atomic E-state index is 13.4. The van der Waals surface area contributed by atoms with Gasteiger partial charge < -0.3 is 9.80 Å². The maximum Gasteiger partial charge on any atom is 0.416 e. The van der Waals surface area contributed by atoms with Crippen LogP contribution in [0.5, 0.6) is 0 Å². The summed E-state index contributed by atoms with van der Waals surface area (Å²) in [6, 6.07) is 13.1. The van der Waals surface area contributed by atoms with Crippen molar-refractivity contribution in [2.75, 3.05) is 31.6 Å². The number of anilines is 1. The lowest BCUT2D eigenvalue weighted by Gasteiger charge is -2.37. The highest BCUT2D eigenvalue weighted by Crippen LogP contribution is 2.34. The van der Waals surface area contributed by atoms with Crippen LogP contribution < -0.4 is 4.90 Å². The summed E-state index contributed by atoms with van der Waals surface area (Å²) >= 11 is 0. The fraction of sp³-hybridized carbons (Fsp3) is 0.370. The van der Waals surface area contributed by atoms with Gasteiger partial charge in [-0.3, -0.25) is 4.68 Å². The number of benzene rings is 2. The Morgan fingerprint density at radius 2 is 1.73 bits per heavy atom. The van der Waals surface area contributed by atoms with Crippen molar-refractivity contribution < 1.29 is 17.6 Å². The number of rotatable bonds is 6. The first-order valence-electron chi connectivity index (χ1n) is 12.3. The van der Waals surface area contributed by atoms with Crippen LogP contribution in [0.1, 0.15) is 24.0 Å². The summed E-state index contributed by atoms with van der Waals surface area (Å²) in [6.45, 7) is 1.99.